The van der Waals surface area contributed by atoms with Crippen molar-refractivity contribution in [1.29, 1.82) is 0 Å². The van der Waals surface area contributed by atoms with Gasteiger partial charge in [-0.15, -0.1) is 0 Å². The first-order chi connectivity index (χ1) is 8.54. The van der Waals surface area contributed by atoms with Gasteiger partial charge in [-0.1, -0.05) is 28.1 Å². The van der Waals surface area contributed by atoms with Gasteiger partial charge in [-0.3, -0.25) is 0 Å². The summed E-state index contributed by atoms with van der Waals surface area (Å²) < 4.78 is 10.9. The van der Waals surface area contributed by atoms with E-state index in [9.17, 15) is 0 Å². The van der Waals surface area contributed by atoms with Crippen molar-refractivity contribution in [3.63, 3.8) is 0 Å². The highest BCUT2D eigenvalue weighted by atomic mass is 79.9. The molecular formula is C15H17BrO2. The molecule has 1 aromatic heterocycles. The van der Waals surface area contributed by atoms with Crippen LogP contribution in [0.5, 0.6) is 5.75 Å². The van der Waals surface area contributed by atoms with Gasteiger partial charge in [0.05, 0.1) is 18.2 Å². The summed E-state index contributed by atoms with van der Waals surface area (Å²) in [7, 11) is 1.71. The molecule has 0 spiro atoms. The van der Waals surface area contributed by atoms with Gasteiger partial charge in [-0.2, -0.15) is 0 Å². The molecule has 0 N–H and O–H groups in total. The molecule has 3 heteroatoms. The molecule has 0 radical (unpaired) electrons. The molecule has 0 saturated carbocycles. The molecule has 0 saturated heterocycles. The van der Waals surface area contributed by atoms with Crippen molar-refractivity contribution >= 4 is 15.9 Å². The van der Waals surface area contributed by atoms with Gasteiger partial charge in [0, 0.05) is 0 Å². The van der Waals surface area contributed by atoms with Crippen LogP contribution in [-0.2, 0) is 0 Å². The van der Waals surface area contributed by atoms with E-state index in [1.54, 1.807) is 13.4 Å². The fourth-order valence-corrected chi connectivity index (χ4v) is 2.98. The maximum Gasteiger partial charge on any atom is 0.124 e. The summed E-state index contributed by atoms with van der Waals surface area (Å²) in [5, 5.41) is 0. The first kappa shape index (κ1) is 13.2. The van der Waals surface area contributed by atoms with Gasteiger partial charge in [0.25, 0.3) is 0 Å². The fraction of sp³-hybridized carbons (Fsp3) is 0.333. The summed E-state index contributed by atoms with van der Waals surface area (Å²) in [4.78, 5) is 0.0795. The molecular weight excluding hydrogens is 292 g/mol. The Morgan fingerprint density at radius 3 is 2.17 bits per heavy atom. The zero-order valence-corrected chi connectivity index (χ0v) is 12.7. The van der Waals surface area contributed by atoms with Crippen LogP contribution >= 0.6 is 15.9 Å². The number of methoxy groups -OCH3 is 1. The Morgan fingerprint density at radius 2 is 1.72 bits per heavy atom. The average molecular weight is 309 g/mol. The summed E-state index contributed by atoms with van der Waals surface area (Å²) in [5.74, 6) is 1.91. The molecule has 2 rings (SSSR count). The third-order valence-electron chi connectivity index (χ3n) is 3.11. The second-order valence-electron chi connectivity index (χ2n) is 4.52. The predicted octanol–water partition coefficient (Wildman–Crippen LogP) is 4.70. The van der Waals surface area contributed by atoms with E-state index in [-0.39, 0.29) is 4.83 Å². The van der Waals surface area contributed by atoms with E-state index in [0.29, 0.717) is 0 Å². The van der Waals surface area contributed by atoms with Crippen molar-refractivity contribution in [1.82, 2.24) is 0 Å². The minimum Gasteiger partial charge on any atom is -0.496 e. The van der Waals surface area contributed by atoms with Crippen molar-refractivity contribution in [2.45, 2.75) is 25.6 Å². The molecule has 0 amide bonds. The highest BCUT2D eigenvalue weighted by molar-refractivity contribution is 9.09. The monoisotopic (exact) mass is 308 g/mol. The molecule has 18 heavy (non-hydrogen) atoms. The van der Waals surface area contributed by atoms with Crippen molar-refractivity contribution in [2.24, 2.45) is 0 Å². The summed E-state index contributed by atoms with van der Waals surface area (Å²) >= 11 is 3.70. The molecule has 1 aromatic carbocycles. The van der Waals surface area contributed by atoms with Gasteiger partial charge in [0.2, 0.25) is 0 Å². The van der Waals surface area contributed by atoms with Gasteiger partial charge in [-0.05, 0) is 49.1 Å². The average Bonchev–Trinajstić information content (AvgIpc) is 2.74. The summed E-state index contributed by atoms with van der Waals surface area (Å²) in [6.07, 6.45) is 1.72. The molecule has 1 heterocycles. The van der Waals surface area contributed by atoms with Crippen molar-refractivity contribution in [3.05, 3.63) is 52.5 Å². The van der Waals surface area contributed by atoms with Crippen LogP contribution in [0.3, 0.4) is 0 Å². The highest BCUT2D eigenvalue weighted by Crippen LogP contribution is 2.36. The summed E-state index contributed by atoms with van der Waals surface area (Å²) in [6.45, 7) is 6.17. The van der Waals surface area contributed by atoms with Gasteiger partial charge < -0.3 is 9.15 Å². The normalized spacial score (nSPS) is 12.5. The zero-order valence-electron chi connectivity index (χ0n) is 11.1. The number of ether oxygens (including phenoxy) is 1. The number of rotatable bonds is 3. The van der Waals surface area contributed by atoms with Crippen LogP contribution in [0, 0.1) is 20.8 Å². The standard InChI is InChI=1S/C15H17BrO2/c1-9-5-6-18-15(9)13(16)12-7-10(2)14(17-4)11(3)8-12/h5-8,13H,1-4H3. The Kier molecular flexibility index (Phi) is 3.81. The van der Waals surface area contributed by atoms with Crippen molar-refractivity contribution in [2.75, 3.05) is 7.11 Å². The Labute approximate surface area is 116 Å². The maximum atomic E-state index is 5.54. The van der Waals surface area contributed by atoms with E-state index in [1.165, 1.54) is 5.56 Å². The zero-order chi connectivity index (χ0) is 13.3. The van der Waals surface area contributed by atoms with Gasteiger partial charge in [0.1, 0.15) is 11.5 Å². The minimum atomic E-state index is 0.0795. The topological polar surface area (TPSA) is 22.4 Å². The van der Waals surface area contributed by atoms with E-state index in [1.807, 2.05) is 6.07 Å². The summed E-state index contributed by atoms with van der Waals surface area (Å²) in [6, 6.07) is 6.24. The Morgan fingerprint density at radius 1 is 1.11 bits per heavy atom. The van der Waals surface area contributed by atoms with E-state index < -0.39 is 0 Å². The van der Waals surface area contributed by atoms with Crippen LogP contribution in [0.2, 0.25) is 0 Å². The molecule has 0 aliphatic carbocycles. The van der Waals surface area contributed by atoms with Crippen LogP contribution in [0.1, 0.15) is 32.8 Å². The first-order valence-electron chi connectivity index (χ1n) is 5.87. The minimum absolute atomic E-state index is 0.0795. The largest absolute Gasteiger partial charge is 0.496 e. The van der Waals surface area contributed by atoms with Crippen molar-refractivity contribution < 1.29 is 9.15 Å². The number of aryl methyl sites for hydroxylation is 3. The number of furan rings is 1. The van der Waals surface area contributed by atoms with Gasteiger partial charge >= 0.3 is 0 Å². The number of alkyl halides is 1. The van der Waals surface area contributed by atoms with Gasteiger partial charge in [0.15, 0.2) is 0 Å². The van der Waals surface area contributed by atoms with Gasteiger partial charge in [-0.25, -0.2) is 0 Å². The summed E-state index contributed by atoms with van der Waals surface area (Å²) in [5.41, 5.74) is 4.62. The maximum absolute atomic E-state index is 5.54. The fourth-order valence-electron chi connectivity index (χ4n) is 2.25. The quantitative estimate of drug-likeness (QED) is 0.767. The van der Waals surface area contributed by atoms with Crippen LogP contribution in [0.25, 0.3) is 0 Å². The molecule has 96 valence electrons. The Balaban J connectivity index is 2.43. The van der Waals surface area contributed by atoms with E-state index in [4.69, 9.17) is 9.15 Å². The first-order valence-corrected chi connectivity index (χ1v) is 6.79. The Hall–Kier alpha value is -1.22. The smallest absolute Gasteiger partial charge is 0.124 e. The molecule has 0 fully saturated rings. The number of hydrogen-bond donors (Lipinski definition) is 0. The Bertz CT molecular complexity index is 534. The highest BCUT2D eigenvalue weighted by Gasteiger charge is 2.18. The second-order valence-corrected chi connectivity index (χ2v) is 5.43. The molecule has 1 unspecified atom stereocenters. The lowest BCUT2D eigenvalue weighted by atomic mass is 10.0. The SMILES string of the molecule is COc1c(C)cc(C(Br)c2occc2C)cc1C. The van der Waals surface area contributed by atoms with Crippen molar-refractivity contribution in [3.8, 4) is 5.75 Å². The van der Waals surface area contributed by atoms with Crippen LogP contribution < -0.4 is 4.74 Å². The van der Waals surface area contributed by atoms with Crippen LogP contribution in [-0.4, -0.2) is 7.11 Å². The third kappa shape index (κ3) is 2.32. The second kappa shape index (κ2) is 5.19. The molecule has 0 aliphatic rings. The van der Waals surface area contributed by atoms with Crippen LogP contribution in [0.4, 0.5) is 0 Å². The van der Waals surface area contributed by atoms with E-state index >= 15 is 0 Å². The van der Waals surface area contributed by atoms with E-state index in [2.05, 4.69) is 48.8 Å². The van der Waals surface area contributed by atoms with E-state index in [0.717, 1.165) is 28.2 Å². The molecule has 1 atom stereocenters. The predicted molar refractivity (Wildman–Crippen MR) is 76.7 cm³/mol. The molecule has 0 bridgehead atoms. The lowest BCUT2D eigenvalue weighted by Crippen LogP contribution is -1.98. The lowest BCUT2D eigenvalue weighted by molar-refractivity contribution is 0.408. The van der Waals surface area contributed by atoms with Crippen LogP contribution in [0.15, 0.2) is 28.9 Å². The number of halogens is 1. The number of hydrogen-bond acceptors (Lipinski definition) is 2. The molecule has 2 nitrogen and oxygen atoms in total. The molecule has 2 aromatic rings. The lowest BCUT2D eigenvalue weighted by Gasteiger charge is -2.14. The number of benzene rings is 1. The third-order valence-corrected chi connectivity index (χ3v) is 4.06. The molecule has 0 aliphatic heterocycles.